The predicted octanol–water partition coefficient (Wildman–Crippen LogP) is 2.60. The largest absolute Gasteiger partial charge is 0.352 e. The summed E-state index contributed by atoms with van der Waals surface area (Å²) in [5.41, 5.74) is 8.74. The third-order valence-corrected chi connectivity index (χ3v) is 3.85. The van der Waals surface area contributed by atoms with Gasteiger partial charge in [0.05, 0.1) is 5.92 Å². The minimum atomic E-state index is -0.350. The molecule has 24 heavy (non-hydrogen) atoms. The molecule has 0 saturated heterocycles. The van der Waals surface area contributed by atoms with Crippen LogP contribution in [-0.2, 0) is 16.1 Å². The highest BCUT2D eigenvalue weighted by molar-refractivity contribution is 5.88. The summed E-state index contributed by atoms with van der Waals surface area (Å²) in [7, 11) is 0. The summed E-state index contributed by atoms with van der Waals surface area (Å²) in [6.45, 7) is 3.67. The first-order chi connectivity index (χ1) is 11.5. The molecule has 2 aromatic carbocycles. The first-order valence-electron chi connectivity index (χ1n) is 7.92. The Hall–Kier alpha value is -2.66. The van der Waals surface area contributed by atoms with E-state index in [0.717, 1.165) is 11.1 Å². The average Bonchev–Trinajstić information content (AvgIpc) is 2.59. The number of hydrogen-bond donors (Lipinski definition) is 3. The maximum absolute atomic E-state index is 12.3. The van der Waals surface area contributed by atoms with Crippen molar-refractivity contribution in [3.05, 3.63) is 65.7 Å². The number of hydrogen-bond acceptors (Lipinski definition) is 3. The molecule has 0 bridgehead atoms. The molecular formula is C19H23N3O2. The average molecular weight is 325 g/mol. The summed E-state index contributed by atoms with van der Waals surface area (Å²) in [5.74, 6) is -0.569. The van der Waals surface area contributed by atoms with Crippen LogP contribution in [-0.4, -0.2) is 11.8 Å². The lowest BCUT2D eigenvalue weighted by molar-refractivity contribution is -0.125. The summed E-state index contributed by atoms with van der Waals surface area (Å²) in [5, 5.41) is 5.62. The highest BCUT2D eigenvalue weighted by Gasteiger charge is 2.21. The second-order valence-electron chi connectivity index (χ2n) is 5.82. The van der Waals surface area contributed by atoms with Crippen LogP contribution in [0.5, 0.6) is 0 Å². The SMILES string of the molecule is CC(=O)Nc1cccc(CNC(=O)C(C)C(N)c2ccccc2)c1. The number of nitrogens with one attached hydrogen (secondary N) is 2. The molecule has 5 heteroatoms. The highest BCUT2D eigenvalue weighted by atomic mass is 16.2. The molecule has 0 spiro atoms. The lowest BCUT2D eigenvalue weighted by Crippen LogP contribution is -2.35. The van der Waals surface area contributed by atoms with E-state index < -0.39 is 0 Å². The molecule has 126 valence electrons. The zero-order valence-electron chi connectivity index (χ0n) is 14.0. The third kappa shape index (κ3) is 4.93. The van der Waals surface area contributed by atoms with Crippen molar-refractivity contribution < 1.29 is 9.59 Å². The first-order valence-corrected chi connectivity index (χ1v) is 7.92. The summed E-state index contributed by atoms with van der Waals surface area (Å²) in [6, 6.07) is 16.6. The zero-order chi connectivity index (χ0) is 17.5. The van der Waals surface area contributed by atoms with Crippen LogP contribution in [0, 0.1) is 5.92 Å². The standard InChI is InChI=1S/C19H23N3O2/c1-13(18(20)16-8-4-3-5-9-16)19(24)21-12-15-7-6-10-17(11-15)22-14(2)23/h3-11,13,18H,12,20H2,1-2H3,(H,21,24)(H,22,23). The van der Waals surface area contributed by atoms with Gasteiger partial charge in [-0.1, -0.05) is 49.4 Å². The molecule has 2 amide bonds. The number of rotatable bonds is 6. The molecule has 2 aromatic rings. The van der Waals surface area contributed by atoms with Crippen molar-refractivity contribution >= 4 is 17.5 Å². The van der Waals surface area contributed by atoms with Crippen molar-refractivity contribution in [2.24, 2.45) is 11.7 Å². The Bertz CT molecular complexity index is 701. The Morgan fingerprint density at radius 2 is 1.79 bits per heavy atom. The van der Waals surface area contributed by atoms with Crippen LogP contribution in [0.15, 0.2) is 54.6 Å². The molecule has 0 fully saturated rings. The van der Waals surface area contributed by atoms with Gasteiger partial charge in [-0.3, -0.25) is 9.59 Å². The Kier molecular flexibility index (Phi) is 6.09. The molecule has 0 aliphatic rings. The van der Waals surface area contributed by atoms with Crippen LogP contribution in [0.25, 0.3) is 0 Å². The van der Waals surface area contributed by atoms with Gasteiger partial charge in [0.2, 0.25) is 11.8 Å². The van der Waals surface area contributed by atoms with Crippen LogP contribution >= 0.6 is 0 Å². The fourth-order valence-corrected chi connectivity index (χ4v) is 2.44. The van der Waals surface area contributed by atoms with Gasteiger partial charge in [0.15, 0.2) is 0 Å². The van der Waals surface area contributed by atoms with Crippen LogP contribution in [0.1, 0.15) is 31.0 Å². The number of nitrogens with two attached hydrogens (primary N) is 1. The van der Waals surface area contributed by atoms with E-state index in [-0.39, 0.29) is 23.8 Å². The zero-order valence-corrected chi connectivity index (χ0v) is 14.0. The second kappa shape index (κ2) is 8.26. The van der Waals surface area contributed by atoms with Gasteiger partial charge in [-0.05, 0) is 23.3 Å². The first kappa shape index (κ1) is 17.7. The predicted molar refractivity (Wildman–Crippen MR) is 95.1 cm³/mol. The molecule has 0 aromatic heterocycles. The number of amides is 2. The van der Waals surface area contributed by atoms with E-state index in [2.05, 4.69) is 10.6 Å². The van der Waals surface area contributed by atoms with Crippen molar-refractivity contribution in [3.63, 3.8) is 0 Å². The minimum absolute atomic E-state index is 0.101. The summed E-state index contributed by atoms with van der Waals surface area (Å²) in [4.78, 5) is 23.4. The molecule has 0 saturated carbocycles. The molecule has 0 aliphatic carbocycles. The normalized spacial score (nSPS) is 13.0. The quantitative estimate of drug-likeness (QED) is 0.763. The second-order valence-corrected chi connectivity index (χ2v) is 5.82. The fraction of sp³-hybridized carbons (Fsp3) is 0.263. The van der Waals surface area contributed by atoms with E-state index in [4.69, 9.17) is 5.73 Å². The van der Waals surface area contributed by atoms with Gasteiger partial charge < -0.3 is 16.4 Å². The number of benzene rings is 2. The van der Waals surface area contributed by atoms with Crippen LogP contribution in [0.3, 0.4) is 0 Å². The van der Waals surface area contributed by atoms with Gasteiger partial charge in [-0.25, -0.2) is 0 Å². The third-order valence-electron chi connectivity index (χ3n) is 3.85. The maximum atomic E-state index is 12.3. The smallest absolute Gasteiger partial charge is 0.225 e. The van der Waals surface area contributed by atoms with Gasteiger partial charge >= 0.3 is 0 Å². The minimum Gasteiger partial charge on any atom is -0.352 e. The van der Waals surface area contributed by atoms with Crippen LogP contribution < -0.4 is 16.4 Å². The lowest BCUT2D eigenvalue weighted by atomic mass is 9.94. The number of carbonyl (C=O) groups is 2. The summed E-state index contributed by atoms with van der Waals surface area (Å²) >= 11 is 0. The Morgan fingerprint density at radius 3 is 2.46 bits per heavy atom. The van der Waals surface area contributed by atoms with Crippen LogP contribution in [0.2, 0.25) is 0 Å². The van der Waals surface area contributed by atoms with Crippen molar-refractivity contribution in [1.29, 1.82) is 0 Å². The molecule has 0 heterocycles. The fourth-order valence-electron chi connectivity index (χ4n) is 2.44. The number of carbonyl (C=O) groups excluding carboxylic acids is 2. The van der Waals surface area contributed by atoms with E-state index in [1.807, 2.05) is 55.5 Å². The van der Waals surface area contributed by atoms with Crippen molar-refractivity contribution in [2.45, 2.75) is 26.4 Å². The molecule has 0 aliphatic heterocycles. The Labute approximate surface area is 142 Å². The van der Waals surface area contributed by atoms with Crippen molar-refractivity contribution in [1.82, 2.24) is 5.32 Å². The molecule has 0 radical (unpaired) electrons. The molecular weight excluding hydrogens is 302 g/mol. The Morgan fingerprint density at radius 1 is 1.08 bits per heavy atom. The molecule has 4 N–H and O–H groups in total. The van der Waals surface area contributed by atoms with E-state index in [1.165, 1.54) is 6.92 Å². The monoisotopic (exact) mass is 325 g/mol. The number of anilines is 1. The maximum Gasteiger partial charge on any atom is 0.225 e. The van der Waals surface area contributed by atoms with Gasteiger partial charge in [0.25, 0.3) is 0 Å². The van der Waals surface area contributed by atoms with Gasteiger partial charge in [-0.2, -0.15) is 0 Å². The van der Waals surface area contributed by atoms with Gasteiger partial charge in [0.1, 0.15) is 0 Å². The topological polar surface area (TPSA) is 84.2 Å². The van der Waals surface area contributed by atoms with Crippen molar-refractivity contribution in [2.75, 3.05) is 5.32 Å². The molecule has 5 nitrogen and oxygen atoms in total. The van der Waals surface area contributed by atoms with E-state index in [9.17, 15) is 9.59 Å². The summed E-state index contributed by atoms with van der Waals surface area (Å²) < 4.78 is 0. The van der Waals surface area contributed by atoms with E-state index >= 15 is 0 Å². The molecule has 2 atom stereocenters. The van der Waals surface area contributed by atoms with E-state index in [0.29, 0.717) is 12.2 Å². The highest BCUT2D eigenvalue weighted by Crippen LogP contribution is 2.19. The van der Waals surface area contributed by atoms with Crippen LogP contribution in [0.4, 0.5) is 5.69 Å². The van der Waals surface area contributed by atoms with Gasteiger partial charge in [-0.15, -0.1) is 0 Å². The van der Waals surface area contributed by atoms with E-state index in [1.54, 1.807) is 6.07 Å². The Balaban J connectivity index is 1.94. The van der Waals surface area contributed by atoms with Crippen molar-refractivity contribution in [3.8, 4) is 0 Å². The molecule has 2 unspecified atom stereocenters. The molecule has 2 rings (SSSR count). The lowest BCUT2D eigenvalue weighted by Gasteiger charge is -2.20. The van der Waals surface area contributed by atoms with Gasteiger partial charge in [0, 0.05) is 25.2 Å². The summed E-state index contributed by atoms with van der Waals surface area (Å²) in [6.07, 6.45) is 0.